The van der Waals surface area contributed by atoms with E-state index in [0.717, 1.165) is 33.5 Å². The summed E-state index contributed by atoms with van der Waals surface area (Å²) in [5, 5.41) is 4.78. The van der Waals surface area contributed by atoms with Crippen molar-refractivity contribution in [2.24, 2.45) is 0 Å². The molecule has 0 bridgehead atoms. The van der Waals surface area contributed by atoms with Crippen LogP contribution in [0.25, 0.3) is 111 Å². The van der Waals surface area contributed by atoms with Crippen molar-refractivity contribution in [3.63, 3.8) is 0 Å². The first kappa shape index (κ1) is 38.5. The first-order chi connectivity index (χ1) is 32.0. The van der Waals surface area contributed by atoms with E-state index < -0.39 is 0 Å². The lowest BCUT2D eigenvalue weighted by Gasteiger charge is -2.21. The quantitative estimate of drug-likeness (QED) is 0.160. The van der Waals surface area contributed by atoms with E-state index in [1.54, 1.807) is 0 Å². The number of hydrogen-bond donors (Lipinski definition) is 0. The van der Waals surface area contributed by atoms with Gasteiger partial charge in [-0.3, -0.25) is 0 Å². The predicted molar refractivity (Wildman–Crippen MR) is 273 cm³/mol. The summed E-state index contributed by atoms with van der Waals surface area (Å²) in [4.78, 5) is 10.5. The van der Waals surface area contributed by atoms with Crippen LogP contribution in [0.15, 0.2) is 231 Å². The second kappa shape index (κ2) is 15.6. The summed E-state index contributed by atoms with van der Waals surface area (Å²) in [6.45, 7) is 4.69. The lowest BCUT2D eigenvalue weighted by atomic mass is 9.82. The zero-order valence-electron chi connectivity index (χ0n) is 36.3. The molecule has 0 amide bonds. The zero-order valence-corrected chi connectivity index (χ0v) is 36.3. The van der Waals surface area contributed by atoms with Crippen molar-refractivity contribution in [2.75, 3.05) is 0 Å². The van der Waals surface area contributed by atoms with Gasteiger partial charge in [0.2, 0.25) is 0 Å². The number of fused-ring (bicyclic) bond motifs is 5. The van der Waals surface area contributed by atoms with Crippen LogP contribution < -0.4 is 0 Å². The Hall–Kier alpha value is -8.20. The molecule has 1 aromatic heterocycles. The van der Waals surface area contributed by atoms with Crippen LogP contribution >= 0.6 is 0 Å². The average molecular weight is 829 g/mol. The van der Waals surface area contributed by atoms with Gasteiger partial charge < -0.3 is 0 Å². The number of hydrogen-bond acceptors (Lipinski definition) is 2. The monoisotopic (exact) mass is 828 g/mol. The normalized spacial score (nSPS) is 12.6. The fourth-order valence-electron chi connectivity index (χ4n) is 10.2. The Morgan fingerprint density at radius 3 is 1.55 bits per heavy atom. The summed E-state index contributed by atoms with van der Waals surface area (Å²) in [6, 6.07) is 83.5. The second-order valence-corrected chi connectivity index (χ2v) is 17.7. The largest absolute Gasteiger partial charge is 0.228 e. The molecule has 0 unspecified atom stereocenters. The molecule has 0 N–H and O–H groups in total. The first-order valence-corrected chi connectivity index (χ1v) is 22.5. The molecule has 0 spiro atoms. The Morgan fingerprint density at radius 1 is 0.277 bits per heavy atom. The summed E-state index contributed by atoms with van der Waals surface area (Å²) in [5.41, 5.74) is 19.7. The molecule has 0 atom stereocenters. The topological polar surface area (TPSA) is 25.8 Å². The summed E-state index contributed by atoms with van der Waals surface area (Å²) < 4.78 is 0. The van der Waals surface area contributed by atoms with E-state index in [-0.39, 0.29) is 5.41 Å². The van der Waals surface area contributed by atoms with E-state index in [1.165, 1.54) is 82.9 Å². The molecule has 65 heavy (non-hydrogen) atoms. The van der Waals surface area contributed by atoms with Crippen molar-refractivity contribution in [1.29, 1.82) is 0 Å². The average Bonchev–Trinajstić information content (AvgIpc) is 3.61. The van der Waals surface area contributed by atoms with Crippen molar-refractivity contribution in [3.8, 4) is 89.5 Å². The molecule has 0 radical (unpaired) electrons. The van der Waals surface area contributed by atoms with Gasteiger partial charge in [-0.1, -0.05) is 214 Å². The number of rotatable bonds is 7. The van der Waals surface area contributed by atoms with Gasteiger partial charge >= 0.3 is 0 Å². The van der Waals surface area contributed by atoms with E-state index in [4.69, 9.17) is 9.97 Å². The third-order valence-electron chi connectivity index (χ3n) is 13.5. The third kappa shape index (κ3) is 6.74. The molecule has 11 aromatic rings. The highest BCUT2D eigenvalue weighted by Crippen LogP contribution is 2.50. The fourth-order valence-corrected chi connectivity index (χ4v) is 10.2. The Morgan fingerprint density at radius 2 is 0.785 bits per heavy atom. The Labute approximate surface area is 380 Å². The highest BCUT2D eigenvalue weighted by atomic mass is 14.9. The van der Waals surface area contributed by atoms with Gasteiger partial charge in [-0.2, -0.15) is 0 Å². The molecule has 0 saturated carbocycles. The Balaban J connectivity index is 1.03. The number of nitrogens with zero attached hydrogens (tertiary/aromatic N) is 2. The zero-order chi connectivity index (χ0) is 43.5. The minimum atomic E-state index is -0.0552. The van der Waals surface area contributed by atoms with E-state index in [1.807, 2.05) is 18.2 Å². The van der Waals surface area contributed by atoms with Crippen LogP contribution in [0.3, 0.4) is 0 Å². The summed E-state index contributed by atoms with van der Waals surface area (Å²) in [5.74, 6) is 0.700. The van der Waals surface area contributed by atoms with E-state index >= 15 is 0 Å². The lowest BCUT2D eigenvalue weighted by Crippen LogP contribution is -2.14. The SMILES string of the molecule is CC1(C)c2ccccc2-c2cc(-c3cc(-c4cccc5ccccc45)cc(-c4ccc(-c5cc(-c6ccc(-c7ccccc7)cc6)nc(-c6ccccc6)n5)c5ccccc45)c3)ccc21. The van der Waals surface area contributed by atoms with Crippen molar-refractivity contribution in [3.05, 3.63) is 242 Å². The van der Waals surface area contributed by atoms with Gasteiger partial charge in [-0.05, 0) is 119 Å². The molecule has 0 saturated heterocycles. The van der Waals surface area contributed by atoms with Gasteiger partial charge in [0.15, 0.2) is 5.82 Å². The van der Waals surface area contributed by atoms with E-state index in [2.05, 4.69) is 226 Å². The van der Waals surface area contributed by atoms with Crippen molar-refractivity contribution < 1.29 is 0 Å². The smallest absolute Gasteiger partial charge is 0.160 e. The lowest BCUT2D eigenvalue weighted by molar-refractivity contribution is 0.660. The van der Waals surface area contributed by atoms with Gasteiger partial charge in [0.25, 0.3) is 0 Å². The van der Waals surface area contributed by atoms with E-state index in [9.17, 15) is 0 Å². The second-order valence-electron chi connectivity index (χ2n) is 17.7. The molecule has 306 valence electrons. The molecule has 10 aromatic carbocycles. The van der Waals surface area contributed by atoms with Crippen LogP contribution in [0.5, 0.6) is 0 Å². The van der Waals surface area contributed by atoms with Crippen LogP contribution in [0.4, 0.5) is 0 Å². The maximum atomic E-state index is 5.30. The van der Waals surface area contributed by atoms with Gasteiger partial charge in [0.1, 0.15) is 0 Å². The third-order valence-corrected chi connectivity index (χ3v) is 13.5. The van der Waals surface area contributed by atoms with Crippen LogP contribution in [-0.2, 0) is 5.41 Å². The molecule has 0 fully saturated rings. The maximum Gasteiger partial charge on any atom is 0.160 e. The van der Waals surface area contributed by atoms with Gasteiger partial charge in [-0.15, -0.1) is 0 Å². The van der Waals surface area contributed by atoms with Gasteiger partial charge in [-0.25, -0.2) is 9.97 Å². The van der Waals surface area contributed by atoms with Gasteiger partial charge in [0, 0.05) is 22.1 Å². The molecule has 0 aliphatic heterocycles. The highest BCUT2D eigenvalue weighted by Gasteiger charge is 2.35. The van der Waals surface area contributed by atoms with Crippen molar-refractivity contribution in [1.82, 2.24) is 9.97 Å². The Bertz CT molecular complexity index is 3600. The van der Waals surface area contributed by atoms with Crippen molar-refractivity contribution in [2.45, 2.75) is 19.3 Å². The fraction of sp³-hybridized carbons (Fsp3) is 0.0476. The molecule has 12 rings (SSSR count). The predicted octanol–water partition coefficient (Wildman–Crippen LogP) is 16.8. The van der Waals surface area contributed by atoms with E-state index in [0.29, 0.717) is 5.82 Å². The number of aromatic nitrogens is 2. The summed E-state index contributed by atoms with van der Waals surface area (Å²) in [6.07, 6.45) is 0. The highest BCUT2D eigenvalue weighted by molar-refractivity contribution is 6.06. The first-order valence-electron chi connectivity index (χ1n) is 22.5. The number of benzene rings is 10. The minimum Gasteiger partial charge on any atom is -0.228 e. The standard InChI is InChI=1S/C63H44N2/c1-63(2)58-27-14-13-25-55(58)57-39-46(32-35-59(57)63)47-36-48(51-26-15-21-43-18-9-10-22-50(43)51)38-49(37-47)52-33-34-56(54-24-12-11-23-53(52)54)61-40-60(64-62(65-61)45-19-7-4-8-20-45)44-30-28-42(29-31-44)41-16-5-3-6-17-41/h3-40H,1-2H3. The summed E-state index contributed by atoms with van der Waals surface area (Å²) in [7, 11) is 0. The van der Waals surface area contributed by atoms with Crippen LogP contribution in [0.2, 0.25) is 0 Å². The molecular formula is C63H44N2. The molecule has 1 aliphatic rings. The maximum absolute atomic E-state index is 5.30. The molecule has 2 nitrogen and oxygen atoms in total. The van der Waals surface area contributed by atoms with Crippen molar-refractivity contribution >= 4 is 21.5 Å². The Kier molecular flexibility index (Phi) is 9.21. The molecule has 1 heterocycles. The van der Waals surface area contributed by atoms with Crippen LogP contribution in [0.1, 0.15) is 25.0 Å². The molecular weight excluding hydrogens is 785 g/mol. The minimum absolute atomic E-state index is 0.0552. The van der Waals surface area contributed by atoms with Gasteiger partial charge in [0.05, 0.1) is 11.4 Å². The van der Waals surface area contributed by atoms with Crippen LogP contribution in [-0.4, -0.2) is 9.97 Å². The molecule has 1 aliphatic carbocycles. The molecule has 2 heteroatoms. The summed E-state index contributed by atoms with van der Waals surface area (Å²) >= 11 is 0. The van der Waals surface area contributed by atoms with Crippen LogP contribution in [0, 0.1) is 0 Å².